The molecule has 0 saturated carbocycles. The molecule has 0 aliphatic carbocycles. The first kappa shape index (κ1) is 13.1. The minimum Gasteiger partial charge on any atom is -0.361 e. The predicted molar refractivity (Wildman–Crippen MR) is 74.0 cm³/mol. The molecule has 5 heteroatoms. The van der Waals surface area contributed by atoms with Crippen molar-refractivity contribution in [3.05, 3.63) is 36.0 Å². The van der Waals surface area contributed by atoms with E-state index in [0.717, 1.165) is 10.9 Å². The highest BCUT2D eigenvalue weighted by molar-refractivity contribution is 5.99. The number of nitrogens with one attached hydrogen (secondary N) is 1. The molecule has 1 N–H and O–H groups in total. The summed E-state index contributed by atoms with van der Waals surface area (Å²) in [5.74, 6) is -0.253. The highest BCUT2D eigenvalue weighted by atomic mass is 16.2. The third-order valence-corrected chi connectivity index (χ3v) is 3.02. The van der Waals surface area contributed by atoms with Crippen LogP contribution in [0.5, 0.6) is 0 Å². The van der Waals surface area contributed by atoms with E-state index in [1.54, 1.807) is 27.2 Å². The zero-order chi connectivity index (χ0) is 14.0. The fourth-order valence-corrected chi connectivity index (χ4v) is 1.82. The Morgan fingerprint density at radius 2 is 1.89 bits per heavy atom. The van der Waals surface area contributed by atoms with Gasteiger partial charge in [-0.3, -0.25) is 9.59 Å². The monoisotopic (exact) mass is 259 g/mol. The average molecular weight is 259 g/mol. The van der Waals surface area contributed by atoms with Crippen LogP contribution in [0.1, 0.15) is 10.4 Å². The van der Waals surface area contributed by atoms with Crippen LogP contribution in [0.2, 0.25) is 0 Å². The van der Waals surface area contributed by atoms with Gasteiger partial charge in [0.05, 0.1) is 6.54 Å². The lowest BCUT2D eigenvalue weighted by Gasteiger charge is -2.19. The lowest BCUT2D eigenvalue weighted by atomic mass is 10.1. The molecule has 0 aliphatic heterocycles. The molecule has 0 aliphatic rings. The number of carbonyl (C=O) groups is 2. The summed E-state index contributed by atoms with van der Waals surface area (Å²) in [4.78, 5) is 29.8. The molecule has 0 unspecified atom stereocenters. The number of rotatable bonds is 3. The van der Waals surface area contributed by atoms with Gasteiger partial charge >= 0.3 is 0 Å². The summed E-state index contributed by atoms with van der Waals surface area (Å²) >= 11 is 0. The van der Waals surface area contributed by atoms with Crippen LogP contribution < -0.4 is 0 Å². The lowest BCUT2D eigenvalue weighted by molar-refractivity contribution is -0.129. The van der Waals surface area contributed by atoms with Gasteiger partial charge in [0, 0.05) is 43.8 Å². The summed E-state index contributed by atoms with van der Waals surface area (Å²) in [5, 5.41) is 0.984. The quantitative estimate of drug-likeness (QED) is 0.904. The number of benzene rings is 1. The van der Waals surface area contributed by atoms with E-state index in [-0.39, 0.29) is 18.4 Å². The predicted octanol–water partition coefficient (Wildman–Crippen LogP) is 1.33. The van der Waals surface area contributed by atoms with Crippen molar-refractivity contribution in [3.8, 4) is 0 Å². The van der Waals surface area contributed by atoms with Gasteiger partial charge in [0.25, 0.3) is 5.91 Å². The number of hydrogen-bond donors (Lipinski definition) is 1. The number of hydrogen-bond acceptors (Lipinski definition) is 2. The van der Waals surface area contributed by atoms with Crippen LogP contribution in [0.3, 0.4) is 0 Å². The van der Waals surface area contributed by atoms with E-state index >= 15 is 0 Å². The third kappa shape index (κ3) is 2.76. The molecule has 2 amide bonds. The smallest absolute Gasteiger partial charge is 0.254 e. The zero-order valence-electron chi connectivity index (χ0n) is 11.3. The number of nitrogens with zero attached hydrogens (tertiary/aromatic N) is 2. The second kappa shape index (κ2) is 5.14. The summed E-state index contributed by atoms with van der Waals surface area (Å²) in [6.45, 7) is 0.0804. The Kier molecular flexibility index (Phi) is 3.55. The fraction of sp³-hybridized carbons (Fsp3) is 0.286. The number of carbonyl (C=O) groups excluding carboxylic acids is 2. The number of amides is 2. The van der Waals surface area contributed by atoms with Gasteiger partial charge in [0.15, 0.2) is 0 Å². The van der Waals surface area contributed by atoms with Crippen molar-refractivity contribution < 1.29 is 9.59 Å². The van der Waals surface area contributed by atoms with Crippen molar-refractivity contribution in [1.29, 1.82) is 0 Å². The van der Waals surface area contributed by atoms with Crippen molar-refractivity contribution in [2.75, 3.05) is 27.7 Å². The molecule has 5 nitrogen and oxygen atoms in total. The molecular formula is C14H17N3O2. The van der Waals surface area contributed by atoms with Gasteiger partial charge < -0.3 is 14.8 Å². The Morgan fingerprint density at radius 3 is 2.58 bits per heavy atom. The SMILES string of the molecule is CN(C)C(=O)CN(C)C(=O)c1ccc2[nH]ccc2c1. The number of aromatic nitrogens is 1. The number of likely N-dealkylation sites (N-methyl/N-ethyl adjacent to an activating group) is 2. The minimum absolute atomic E-state index is 0.0804. The maximum absolute atomic E-state index is 12.2. The topological polar surface area (TPSA) is 56.4 Å². The van der Waals surface area contributed by atoms with E-state index in [0.29, 0.717) is 5.56 Å². The highest BCUT2D eigenvalue weighted by Gasteiger charge is 2.16. The normalized spacial score (nSPS) is 10.5. The molecule has 0 spiro atoms. The van der Waals surface area contributed by atoms with Gasteiger partial charge in [0.2, 0.25) is 5.91 Å². The van der Waals surface area contributed by atoms with Crippen molar-refractivity contribution in [1.82, 2.24) is 14.8 Å². The van der Waals surface area contributed by atoms with Crippen molar-refractivity contribution in [2.24, 2.45) is 0 Å². The van der Waals surface area contributed by atoms with Crippen molar-refractivity contribution in [2.45, 2.75) is 0 Å². The van der Waals surface area contributed by atoms with Crippen LogP contribution >= 0.6 is 0 Å². The number of aromatic amines is 1. The van der Waals surface area contributed by atoms with Crippen molar-refractivity contribution >= 4 is 22.7 Å². The minimum atomic E-state index is -0.154. The molecule has 0 radical (unpaired) electrons. The molecule has 0 bridgehead atoms. The van der Waals surface area contributed by atoms with E-state index in [1.807, 2.05) is 24.4 Å². The van der Waals surface area contributed by atoms with Gasteiger partial charge in [-0.25, -0.2) is 0 Å². The van der Waals surface area contributed by atoms with E-state index in [1.165, 1.54) is 9.80 Å². The lowest BCUT2D eigenvalue weighted by Crippen LogP contribution is -2.37. The molecule has 1 aromatic heterocycles. The van der Waals surface area contributed by atoms with Crippen molar-refractivity contribution in [3.63, 3.8) is 0 Å². The van der Waals surface area contributed by atoms with E-state index in [4.69, 9.17) is 0 Å². The first-order valence-corrected chi connectivity index (χ1v) is 6.02. The molecule has 100 valence electrons. The van der Waals surface area contributed by atoms with Gasteiger partial charge in [0.1, 0.15) is 0 Å². The summed E-state index contributed by atoms with van der Waals surface area (Å²) in [6.07, 6.45) is 1.83. The zero-order valence-corrected chi connectivity index (χ0v) is 11.3. The fourth-order valence-electron chi connectivity index (χ4n) is 1.82. The summed E-state index contributed by atoms with van der Waals surface area (Å²) < 4.78 is 0. The Labute approximate surface area is 111 Å². The van der Waals surface area contributed by atoms with Gasteiger partial charge in [-0.15, -0.1) is 0 Å². The molecule has 2 aromatic rings. The Morgan fingerprint density at radius 1 is 1.16 bits per heavy atom. The molecule has 2 rings (SSSR count). The molecule has 0 atom stereocenters. The van der Waals surface area contributed by atoms with Crippen LogP contribution in [0.4, 0.5) is 0 Å². The van der Waals surface area contributed by atoms with E-state index in [9.17, 15) is 9.59 Å². The maximum Gasteiger partial charge on any atom is 0.254 e. The molecule has 0 saturated heterocycles. The van der Waals surface area contributed by atoms with E-state index in [2.05, 4.69) is 4.98 Å². The third-order valence-electron chi connectivity index (χ3n) is 3.02. The second-order valence-electron chi connectivity index (χ2n) is 4.73. The molecule has 1 heterocycles. The molecular weight excluding hydrogens is 242 g/mol. The van der Waals surface area contributed by atoms with E-state index < -0.39 is 0 Å². The number of fused-ring (bicyclic) bond motifs is 1. The summed E-state index contributed by atoms with van der Waals surface area (Å²) in [5.41, 5.74) is 1.57. The van der Waals surface area contributed by atoms with Crippen LogP contribution in [0.25, 0.3) is 10.9 Å². The van der Waals surface area contributed by atoms with Gasteiger partial charge in [-0.1, -0.05) is 0 Å². The molecule has 0 fully saturated rings. The Bertz CT molecular complexity index is 616. The van der Waals surface area contributed by atoms with Crippen LogP contribution in [-0.2, 0) is 4.79 Å². The summed E-state index contributed by atoms with van der Waals surface area (Å²) in [6, 6.07) is 7.36. The number of H-pyrrole nitrogens is 1. The Balaban J connectivity index is 2.16. The summed E-state index contributed by atoms with van der Waals surface area (Å²) in [7, 11) is 4.98. The molecule has 19 heavy (non-hydrogen) atoms. The standard InChI is InChI=1S/C14H17N3O2/c1-16(2)13(18)9-17(3)14(19)11-4-5-12-10(8-11)6-7-15-12/h4-8,15H,9H2,1-3H3. The average Bonchev–Trinajstić information content (AvgIpc) is 2.84. The van der Waals surface area contributed by atoms with Gasteiger partial charge in [-0.2, -0.15) is 0 Å². The van der Waals surface area contributed by atoms with Crippen LogP contribution in [0.15, 0.2) is 30.5 Å². The second-order valence-corrected chi connectivity index (χ2v) is 4.73. The first-order valence-electron chi connectivity index (χ1n) is 6.02. The van der Waals surface area contributed by atoms with Crippen LogP contribution in [0, 0.1) is 0 Å². The van der Waals surface area contributed by atoms with Crippen LogP contribution in [-0.4, -0.2) is 54.3 Å². The Hall–Kier alpha value is -2.30. The van der Waals surface area contributed by atoms with Gasteiger partial charge in [-0.05, 0) is 24.3 Å². The molecule has 1 aromatic carbocycles. The maximum atomic E-state index is 12.2. The largest absolute Gasteiger partial charge is 0.361 e. The first-order chi connectivity index (χ1) is 8.99. The highest BCUT2D eigenvalue weighted by Crippen LogP contribution is 2.15.